The summed E-state index contributed by atoms with van der Waals surface area (Å²) in [5, 5.41) is 4.03. The molecule has 3 rings (SSSR count). The highest BCUT2D eigenvalue weighted by Gasteiger charge is 2.21. The molecule has 0 bridgehead atoms. The van der Waals surface area contributed by atoms with Crippen LogP contribution >= 0.6 is 0 Å². The SMILES string of the molecule is Cc1nc(C2CCCCC2)nc(-n2nccc2F)c1C. The molecule has 0 amide bonds. The number of hydrogen-bond donors (Lipinski definition) is 0. The minimum Gasteiger partial charge on any atom is -0.238 e. The van der Waals surface area contributed by atoms with Crippen LogP contribution in [0, 0.1) is 19.8 Å². The molecular formula is C15H19FN4. The van der Waals surface area contributed by atoms with Gasteiger partial charge in [0.05, 0.1) is 6.20 Å². The summed E-state index contributed by atoms with van der Waals surface area (Å²) in [6, 6.07) is 1.34. The molecule has 0 N–H and O–H groups in total. The van der Waals surface area contributed by atoms with Gasteiger partial charge in [-0.2, -0.15) is 14.2 Å². The molecule has 0 aromatic carbocycles. The monoisotopic (exact) mass is 274 g/mol. The molecule has 0 unspecified atom stereocenters. The molecule has 0 saturated heterocycles. The van der Waals surface area contributed by atoms with Crippen LogP contribution in [0.2, 0.25) is 0 Å². The second kappa shape index (κ2) is 5.31. The smallest absolute Gasteiger partial charge is 0.217 e. The minimum absolute atomic E-state index is 0.388. The molecule has 0 radical (unpaired) electrons. The van der Waals surface area contributed by atoms with Gasteiger partial charge in [-0.1, -0.05) is 19.3 Å². The Bertz CT molecular complexity index is 614. The lowest BCUT2D eigenvalue weighted by Crippen LogP contribution is -2.15. The van der Waals surface area contributed by atoms with Gasteiger partial charge in [-0.15, -0.1) is 0 Å². The van der Waals surface area contributed by atoms with Crippen molar-refractivity contribution in [3.63, 3.8) is 0 Å². The highest BCUT2D eigenvalue weighted by atomic mass is 19.1. The van der Waals surface area contributed by atoms with E-state index in [9.17, 15) is 4.39 Å². The van der Waals surface area contributed by atoms with Crippen LogP contribution in [0.5, 0.6) is 0 Å². The van der Waals surface area contributed by atoms with Gasteiger partial charge in [0, 0.05) is 23.2 Å². The van der Waals surface area contributed by atoms with E-state index < -0.39 is 0 Å². The third-order valence-electron chi connectivity index (χ3n) is 4.15. The molecule has 5 heteroatoms. The van der Waals surface area contributed by atoms with Crippen LogP contribution < -0.4 is 0 Å². The van der Waals surface area contributed by atoms with Crippen LogP contribution in [0.1, 0.15) is 55.1 Å². The summed E-state index contributed by atoms with van der Waals surface area (Å²) in [4.78, 5) is 9.23. The standard InChI is InChI=1S/C15H19FN4/c1-10-11(2)18-14(12-6-4-3-5-7-12)19-15(10)20-13(16)8-9-17-20/h8-9,12H,3-7H2,1-2H3. The summed E-state index contributed by atoms with van der Waals surface area (Å²) in [6.45, 7) is 3.87. The second-order valence-electron chi connectivity index (χ2n) is 5.52. The third kappa shape index (κ3) is 2.32. The number of hydrogen-bond acceptors (Lipinski definition) is 3. The third-order valence-corrected chi connectivity index (χ3v) is 4.15. The number of aromatic nitrogens is 4. The van der Waals surface area contributed by atoms with Crippen LogP contribution in [0.15, 0.2) is 12.3 Å². The number of aryl methyl sites for hydroxylation is 1. The van der Waals surface area contributed by atoms with Gasteiger partial charge in [0.15, 0.2) is 5.82 Å². The van der Waals surface area contributed by atoms with Crippen LogP contribution in [-0.2, 0) is 0 Å². The van der Waals surface area contributed by atoms with E-state index in [2.05, 4.69) is 15.1 Å². The van der Waals surface area contributed by atoms with Gasteiger partial charge in [0.1, 0.15) is 5.82 Å². The highest BCUT2D eigenvalue weighted by molar-refractivity contribution is 5.36. The number of rotatable bonds is 2. The minimum atomic E-state index is -0.388. The van der Waals surface area contributed by atoms with E-state index in [1.165, 1.54) is 36.2 Å². The maximum absolute atomic E-state index is 13.8. The van der Waals surface area contributed by atoms with Crippen molar-refractivity contribution in [2.24, 2.45) is 0 Å². The molecule has 2 aromatic heterocycles. The Morgan fingerprint density at radius 1 is 1.15 bits per heavy atom. The number of nitrogens with zero attached hydrogens (tertiary/aromatic N) is 4. The summed E-state index contributed by atoms with van der Waals surface area (Å²) in [6.07, 6.45) is 7.46. The van der Waals surface area contributed by atoms with E-state index in [0.29, 0.717) is 11.7 Å². The lowest BCUT2D eigenvalue weighted by atomic mass is 9.88. The van der Waals surface area contributed by atoms with E-state index >= 15 is 0 Å². The van der Waals surface area contributed by atoms with Crippen LogP contribution in [0.25, 0.3) is 5.82 Å². The zero-order chi connectivity index (χ0) is 14.1. The van der Waals surface area contributed by atoms with Crippen LogP contribution in [0.3, 0.4) is 0 Å². The lowest BCUT2D eigenvalue weighted by molar-refractivity contribution is 0.426. The molecule has 1 saturated carbocycles. The highest BCUT2D eigenvalue weighted by Crippen LogP contribution is 2.31. The summed E-state index contributed by atoms with van der Waals surface area (Å²) in [5.74, 6) is 1.43. The second-order valence-corrected chi connectivity index (χ2v) is 5.52. The van der Waals surface area contributed by atoms with Gasteiger partial charge >= 0.3 is 0 Å². The predicted molar refractivity (Wildman–Crippen MR) is 74.4 cm³/mol. The fourth-order valence-electron chi connectivity index (χ4n) is 2.83. The van der Waals surface area contributed by atoms with Gasteiger partial charge in [-0.25, -0.2) is 9.97 Å². The Morgan fingerprint density at radius 2 is 1.90 bits per heavy atom. The zero-order valence-electron chi connectivity index (χ0n) is 11.9. The Balaban J connectivity index is 2.05. The molecule has 1 aliphatic rings. The molecule has 2 aromatic rings. The average Bonchev–Trinajstić information content (AvgIpc) is 2.89. The predicted octanol–water partition coefficient (Wildman–Crippen LogP) is 3.47. The Kier molecular flexibility index (Phi) is 3.51. The molecule has 2 heterocycles. The number of halogens is 1. The first kappa shape index (κ1) is 13.2. The van der Waals surface area contributed by atoms with Crippen molar-refractivity contribution >= 4 is 0 Å². The van der Waals surface area contributed by atoms with Crippen molar-refractivity contribution in [1.82, 2.24) is 19.7 Å². The molecule has 1 aliphatic carbocycles. The molecule has 0 atom stereocenters. The summed E-state index contributed by atoms with van der Waals surface area (Å²) in [7, 11) is 0. The Hall–Kier alpha value is -1.78. The topological polar surface area (TPSA) is 43.6 Å². The van der Waals surface area contributed by atoms with Gasteiger partial charge in [-0.05, 0) is 26.7 Å². The Labute approximate surface area is 118 Å². The fraction of sp³-hybridized carbons (Fsp3) is 0.533. The lowest BCUT2D eigenvalue weighted by Gasteiger charge is -2.21. The molecule has 20 heavy (non-hydrogen) atoms. The van der Waals surface area contributed by atoms with Crippen LogP contribution in [-0.4, -0.2) is 19.7 Å². The van der Waals surface area contributed by atoms with Gasteiger partial charge in [-0.3, -0.25) is 0 Å². The summed E-state index contributed by atoms with van der Waals surface area (Å²) in [5.41, 5.74) is 1.79. The van der Waals surface area contributed by atoms with Crippen LogP contribution in [0.4, 0.5) is 4.39 Å². The van der Waals surface area contributed by atoms with Crippen molar-refractivity contribution < 1.29 is 4.39 Å². The van der Waals surface area contributed by atoms with Crippen molar-refractivity contribution in [2.45, 2.75) is 51.9 Å². The van der Waals surface area contributed by atoms with Crippen molar-refractivity contribution in [3.8, 4) is 5.82 Å². The first-order chi connectivity index (χ1) is 9.66. The summed E-state index contributed by atoms with van der Waals surface area (Å²) >= 11 is 0. The van der Waals surface area contributed by atoms with Crippen molar-refractivity contribution in [3.05, 3.63) is 35.3 Å². The van der Waals surface area contributed by atoms with Gasteiger partial charge in [0.2, 0.25) is 5.95 Å². The molecule has 0 aliphatic heterocycles. The van der Waals surface area contributed by atoms with E-state index in [0.717, 1.165) is 29.9 Å². The maximum Gasteiger partial charge on any atom is 0.217 e. The van der Waals surface area contributed by atoms with Crippen molar-refractivity contribution in [2.75, 3.05) is 0 Å². The fourth-order valence-corrected chi connectivity index (χ4v) is 2.83. The first-order valence-electron chi connectivity index (χ1n) is 7.22. The van der Waals surface area contributed by atoms with Crippen molar-refractivity contribution in [1.29, 1.82) is 0 Å². The maximum atomic E-state index is 13.8. The molecule has 0 spiro atoms. The molecular weight excluding hydrogens is 255 g/mol. The largest absolute Gasteiger partial charge is 0.238 e. The van der Waals surface area contributed by atoms with Gasteiger partial charge in [0.25, 0.3) is 0 Å². The average molecular weight is 274 g/mol. The zero-order valence-corrected chi connectivity index (χ0v) is 11.9. The molecule has 4 nitrogen and oxygen atoms in total. The molecule has 1 fully saturated rings. The van der Waals surface area contributed by atoms with E-state index in [1.807, 2.05) is 13.8 Å². The van der Waals surface area contributed by atoms with E-state index in [-0.39, 0.29) is 5.95 Å². The molecule has 106 valence electrons. The van der Waals surface area contributed by atoms with E-state index in [1.54, 1.807) is 0 Å². The van der Waals surface area contributed by atoms with E-state index in [4.69, 9.17) is 0 Å². The first-order valence-corrected chi connectivity index (χ1v) is 7.22. The summed E-state index contributed by atoms with van der Waals surface area (Å²) < 4.78 is 15.0. The van der Waals surface area contributed by atoms with Gasteiger partial charge < -0.3 is 0 Å². The Morgan fingerprint density at radius 3 is 2.55 bits per heavy atom. The quantitative estimate of drug-likeness (QED) is 0.842. The normalized spacial score (nSPS) is 16.6.